The van der Waals surface area contributed by atoms with Crippen molar-refractivity contribution in [3.63, 3.8) is 0 Å². The van der Waals surface area contributed by atoms with E-state index in [4.69, 9.17) is 4.74 Å². The fourth-order valence-electron chi connectivity index (χ4n) is 3.01. The minimum atomic E-state index is -0.144. The maximum atomic E-state index is 12.5. The summed E-state index contributed by atoms with van der Waals surface area (Å²) in [4.78, 5) is 37.9. The van der Waals surface area contributed by atoms with E-state index < -0.39 is 0 Å². The van der Waals surface area contributed by atoms with E-state index in [9.17, 15) is 9.59 Å². The molecule has 0 aliphatic carbocycles. The van der Waals surface area contributed by atoms with Gasteiger partial charge < -0.3 is 14.5 Å². The molecule has 3 rings (SSSR count). The molecule has 1 aromatic rings. The number of carbonyl (C=O) groups is 2. The zero-order chi connectivity index (χ0) is 16.4. The molecule has 0 saturated carbocycles. The highest BCUT2D eigenvalue weighted by Gasteiger charge is 2.42. The van der Waals surface area contributed by atoms with Gasteiger partial charge in [-0.1, -0.05) is 0 Å². The summed E-state index contributed by atoms with van der Waals surface area (Å²) in [5.41, 5.74) is 0.335. The molecule has 2 aliphatic heterocycles. The minimum absolute atomic E-state index is 0.0493. The molecule has 1 aromatic heterocycles. The highest BCUT2D eigenvalue weighted by molar-refractivity contribution is 5.92. The van der Waals surface area contributed by atoms with Crippen molar-refractivity contribution in [2.24, 2.45) is 0 Å². The SMILES string of the molecule is CN(C)C(=O)CN1CCO[C@H]2CN(C(=O)c3cnccn3)C[C@@H]21. The molecule has 0 bridgehead atoms. The van der Waals surface area contributed by atoms with E-state index in [0.717, 1.165) is 0 Å². The van der Waals surface area contributed by atoms with Crippen molar-refractivity contribution in [3.8, 4) is 0 Å². The topological polar surface area (TPSA) is 78.9 Å². The maximum absolute atomic E-state index is 12.5. The van der Waals surface area contributed by atoms with Crippen LogP contribution in [0.25, 0.3) is 0 Å². The van der Waals surface area contributed by atoms with Crippen molar-refractivity contribution in [1.29, 1.82) is 0 Å². The van der Waals surface area contributed by atoms with Crippen molar-refractivity contribution in [2.45, 2.75) is 12.1 Å². The van der Waals surface area contributed by atoms with Crippen LogP contribution in [-0.4, -0.2) is 95.5 Å². The van der Waals surface area contributed by atoms with Crippen LogP contribution in [0.3, 0.4) is 0 Å². The van der Waals surface area contributed by atoms with Crippen LogP contribution in [0.1, 0.15) is 10.5 Å². The van der Waals surface area contributed by atoms with Gasteiger partial charge in [-0.05, 0) is 0 Å². The minimum Gasteiger partial charge on any atom is -0.373 e. The molecule has 0 aromatic carbocycles. The number of carbonyl (C=O) groups excluding carboxylic acids is 2. The smallest absolute Gasteiger partial charge is 0.274 e. The second-order valence-electron chi connectivity index (χ2n) is 6.04. The number of aromatic nitrogens is 2. The Morgan fingerprint density at radius 3 is 2.87 bits per heavy atom. The molecule has 8 nitrogen and oxygen atoms in total. The molecule has 0 N–H and O–H groups in total. The van der Waals surface area contributed by atoms with Gasteiger partial charge in [0.2, 0.25) is 5.91 Å². The largest absolute Gasteiger partial charge is 0.373 e. The number of hydrogen-bond acceptors (Lipinski definition) is 6. The van der Waals surface area contributed by atoms with Gasteiger partial charge in [-0.2, -0.15) is 0 Å². The van der Waals surface area contributed by atoms with E-state index in [0.29, 0.717) is 38.5 Å². The Morgan fingerprint density at radius 1 is 1.35 bits per heavy atom. The van der Waals surface area contributed by atoms with Gasteiger partial charge in [0.05, 0.1) is 31.5 Å². The van der Waals surface area contributed by atoms with Crippen LogP contribution < -0.4 is 0 Å². The molecule has 2 atom stereocenters. The molecule has 0 radical (unpaired) electrons. The van der Waals surface area contributed by atoms with Gasteiger partial charge >= 0.3 is 0 Å². The molecule has 2 fully saturated rings. The maximum Gasteiger partial charge on any atom is 0.274 e. The lowest BCUT2D eigenvalue weighted by Crippen LogP contribution is -2.53. The first-order chi connectivity index (χ1) is 11.1. The number of ether oxygens (including phenoxy) is 1. The van der Waals surface area contributed by atoms with Gasteiger partial charge in [-0.15, -0.1) is 0 Å². The molecular weight excluding hydrogens is 298 g/mol. The average molecular weight is 319 g/mol. The number of likely N-dealkylation sites (tertiary alicyclic amines) is 1. The summed E-state index contributed by atoms with van der Waals surface area (Å²) in [7, 11) is 3.50. The van der Waals surface area contributed by atoms with E-state index in [1.165, 1.54) is 18.6 Å². The Hall–Kier alpha value is -2.06. The van der Waals surface area contributed by atoms with E-state index in [1.807, 2.05) is 0 Å². The van der Waals surface area contributed by atoms with Crippen LogP contribution in [0.4, 0.5) is 0 Å². The molecule has 0 unspecified atom stereocenters. The normalized spacial score (nSPS) is 24.3. The van der Waals surface area contributed by atoms with Crippen LogP contribution in [0.15, 0.2) is 18.6 Å². The summed E-state index contributed by atoms with van der Waals surface area (Å²) in [6.45, 7) is 2.70. The van der Waals surface area contributed by atoms with Crippen molar-refractivity contribution < 1.29 is 14.3 Å². The summed E-state index contributed by atoms with van der Waals surface area (Å²) in [6.07, 6.45) is 4.46. The van der Waals surface area contributed by atoms with Crippen LogP contribution in [0.2, 0.25) is 0 Å². The summed E-state index contributed by atoms with van der Waals surface area (Å²) in [5.74, 6) is -0.0839. The van der Waals surface area contributed by atoms with Gasteiger partial charge in [-0.3, -0.25) is 19.5 Å². The lowest BCUT2D eigenvalue weighted by atomic mass is 10.1. The lowest BCUT2D eigenvalue weighted by molar-refractivity contribution is -0.133. The van der Waals surface area contributed by atoms with Gasteiger partial charge in [0.1, 0.15) is 5.69 Å². The second-order valence-corrected chi connectivity index (χ2v) is 6.04. The predicted octanol–water partition coefficient (Wildman–Crippen LogP) is -0.910. The molecule has 2 aliphatic rings. The molecule has 0 spiro atoms. The Labute approximate surface area is 135 Å². The van der Waals surface area contributed by atoms with Crippen molar-refractivity contribution in [1.82, 2.24) is 24.7 Å². The van der Waals surface area contributed by atoms with E-state index >= 15 is 0 Å². The third-order valence-electron chi connectivity index (χ3n) is 4.32. The summed E-state index contributed by atoms with van der Waals surface area (Å²) in [6, 6.07) is 0.0493. The third-order valence-corrected chi connectivity index (χ3v) is 4.32. The van der Waals surface area contributed by atoms with Gasteiger partial charge in [0, 0.05) is 46.1 Å². The average Bonchev–Trinajstić information content (AvgIpc) is 3.00. The number of nitrogens with zero attached hydrogens (tertiary/aromatic N) is 5. The molecular formula is C15H21N5O3. The first kappa shape index (κ1) is 15.8. The molecule has 3 heterocycles. The quantitative estimate of drug-likeness (QED) is 0.718. The summed E-state index contributed by atoms with van der Waals surface area (Å²) < 4.78 is 5.79. The molecule has 2 amide bonds. The zero-order valence-corrected chi connectivity index (χ0v) is 13.4. The molecule has 23 heavy (non-hydrogen) atoms. The van der Waals surface area contributed by atoms with Crippen LogP contribution in [0, 0.1) is 0 Å². The first-order valence-electron chi connectivity index (χ1n) is 7.67. The molecule has 8 heteroatoms. The van der Waals surface area contributed by atoms with Gasteiger partial charge in [0.25, 0.3) is 5.91 Å². The Kier molecular flexibility index (Phi) is 4.53. The highest BCUT2D eigenvalue weighted by atomic mass is 16.5. The predicted molar refractivity (Wildman–Crippen MR) is 81.7 cm³/mol. The van der Waals surface area contributed by atoms with Crippen molar-refractivity contribution >= 4 is 11.8 Å². The van der Waals surface area contributed by atoms with Crippen molar-refractivity contribution in [3.05, 3.63) is 24.3 Å². The Bertz CT molecular complexity index is 580. The van der Waals surface area contributed by atoms with Crippen molar-refractivity contribution in [2.75, 3.05) is 46.9 Å². The number of rotatable bonds is 3. The number of morpholine rings is 1. The van der Waals surface area contributed by atoms with E-state index in [-0.39, 0.29) is 24.0 Å². The third kappa shape index (κ3) is 3.32. The van der Waals surface area contributed by atoms with Crippen LogP contribution >= 0.6 is 0 Å². The van der Waals surface area contributed by atoms with Crippen LogP contribution in [-0.2, 0) is 9.53 Å². The highest BCUT2D eigenvalue weighted by Crippen LogP contribution is 2.23. The monoisotopic (exact) mass is 319 g/mol. The van der Waals surface area contributed by atoms with Gasteiger partial charge in [0.15, 0.2) is 0 Å². The van der Waals surface area contributed by atoms with E-state index in [1.54, 1.807) is 23.9 Å². The number of fused-ring (bicyclic) bond motifs is 1. The van der Waals surface area contributed by atoms with Gasteiger partial charge in [-0.25, -0.2) is 4.98 Å². The number of likely N-dealkylation sites (N-methyl/N-ethyl adjacent to an activating group) is 1. The lowest BCUT2D eigenvalue weighted by Gasteiger charge is -2.36. The Balaban J connectivity index is 1.68. The van der Waals surface area contributed by atoms with Crippen LogP contribution in [0.5, 0.6) is 0 Å². The first-order valence-corrected chi connectivity index (χ1v) is 7.67. The molecule has 124 valence electrons. The molecule has 2 saturated heterocycles. The van der Waals surface area contributed by atoms with E-state index in [2.05, 4.69) is 14.9 Å². The summed E-state index contributed by atoms with van der Waals surface area (Å²) in [5, 5.41) is 0. The number of hydrogen-bond donors (Lipinski definition) is 0. The zero-order valence-electron chi connectivity index (χ0n) is 13.4. The Morgan fingerprint density at radius 2 is 2.17 bits per heavy atom. The second kappa shape index (κ2) is 6.59. The standard InChI is InChI=1S/C15H21N5O3/c1-18(2)14(21)10-19-5-6-23-13-9-20(8-12(13)19)15(22)11-7-16-3-4-17-11/h3-4,7,12-13H,5-6,8-10H2,1-2H3/t12-,13-/m0/s1. The fraction of sp³-hybridized carbons (Fsp3) is 0.600. The fourth-order valence-corrected chi connectivity index (χ4v) is 3.01. The number of amides is 2. The summed E-state index contributed by atoms with van der Waals surface area (Å²) >= 11 is 0.